The summed E-state index contributed by atoms with van der Waals surface area (Å²) in [5.74, 6) is 0. The van der Waals surface area contributed by atoms with E-state index < -0.39 is 0 Å². The van der Waals surface area contributed by atoms with Crippen LogP contribution < -0.4 is 5.32 Å². The summed E-state index contributed by atoms with van der Waals surface area (Å²) in [7, 11) is 0. The lowest BCUT2D eigenvalue weighted by Gasteiger charge is -2.26. The standard InChI is InChI=1S/C18H24N2O2S/c1-14-2-4-15(5-3-14)17-20-11-16(23-17)10-19-12-18(6-8-21)7-9-22-13-18/h2-5,11,19,21H,6-10,12-13H2,1H3. The maximum atomic E-state index is 9.27. The second-order valence-electron chi connectivity index (χ2n) is 6.38. The quantitative estimate of drug-likeness (QED) is 0.818. The fourth-order valence-electron chi connectivity index (χ4n) is 2.98. The average molecular weight is 332 g/mol. The van der Waals surface area contributed by atoms with Gasteiger partial charge in [-0.05, 0) is 19.8 Å². The monoisotopic (exact) mass is 332 g/mol. The summed E-state index contributed by atoms with van der Waals surface area (Å²) >= 11 is 1.73. The Morgan fingerprint density at radius 1 is 1.35 bits per heavy atom. The highest BCUT2D eigenvalue weighted by molar-refractivity contribution is 7.15. The van der Waals surface area contributed by atoms with Gasteiger partial charge in [0, 0.05) is 48.4 Å². The summed E-state index contributed by atoms with van der Waals surface area (Å²) in [6.45, 7) is 5.57. The largest absolute Gasteiger partial charge is 0.396 e. The topological polar surface area (TPSA) is 54.4 Å². The number of aromatic nitrogens is 1. The van der Waals surface area contributed by atoms with Crippen LogP contribution in [0.2, 0.25) is 0 Å². The van der Waals surface area contributed by atoms with Crippen molar-refractivity contribution in [1.29, 1.82) is 0 Å². The van der Waals surface area contributed by atoms with E-state index in [4.69, 9.17) is 4.74 Å². The third kappa shape index (κ3) is 4.18. The van der Waals surface area contributed by atoms with E-state index in [1.807, 2.05) is 6.20 Å². The first-order chi connectivity index (χ1) is 11.2. The van der Waals surface area contributed by atoms with E-state index in [0.717, 1.165) is 44.2 Å². The van der Waals surface area contributed by atoms with Crippen molar-refractivity contribution in [2.75, 3.05) is 26.4 Å². The Bertz CT molecular complexity index is 618. The Morgan fingerprint density at radius 3 is 2.87 bits per heavy atom. The molecule has 1 aliphatic rings. The number of aliphatic hydroxyl groups excluding tert-OH is 1. The number of ether oxygens (including phenoxy) is 1. The number of aliphatic hydroxyl groups is 1. The molecule has 2 N–H and O–H groups in total. The lowest BCUT2D eigenvalue weighted by atomic mass is 9.84. The second kappa shape index (κ2) is 7.53. The van der Waals surface area contributed by atoms with Gasteiger partial charge in [0.25, 0.3) is 0 Å². The van der Waals surface area contributed by atoms with Gasteiger partial charge in [-0.3, -0.25) is 0 Å². The molecule has 1 aromatic heterocycles. The van der Waals surface area contributed by atoms with Crippen LogP contribution in [0.15, 0.2) is 30.5 Å². The molecule has 3 rings (SSSR count). The molecule has 2 aromatic rings. The number of hydrogen-bond donors (Lipinski definition) is 2. The highest BCUT2D eigenvalue weighted by atomic mass is 32.1. The van der Waals surface area contributed by atoms with Crippen molar-refractivity contribution in [1.82, 2.24) is 10.3 Å². The predicted octanol–water partition coefficient (Wildman–Crippen LogP) is 3.00. The summed E-state index contributed by atoms with van der Waals surface area (Å²) in [6, 6.07) is 8.48. The van der Waals surface area contributed by atoms with Gasteiger partial charge in [0.2, 0.25) is 0 Å². The maximum Gasteiger partial charge on any atom is 0.123 e. The molecule has 5 heteroatoms. The second-order valence-corrected chi connectivity index (χ2v) is 7.49. The smallest absolute Gasteiger partial charge is 0.123 e. The van der Waals surface area contributed by atoms with E-state index in [1.165, 1.54) is 16.0 Å². The number of thiazole rings is 1. The van der Waals surface area contributed by atoms with Crippen LogP contribution >= 0.6 is 11.3 Å². The van der Waals surface area contributed by atoms with Gasteiger partial charge < -0.3 is 15.2 Å². The zero-order valence-electron chi connectivity index (χ0n) is 13.5. The lowest BCUT2D eigenvalue weighted by molar-refractivity contribution is 0.124. The van der Waals surface area contributed by atoms with Crippen molar-refractivity contribution in [2.24, 2.45) is 5.41 Å². The molecule has 4 nitrogen and oxygen atoms in total. The Labute approximate surface area is 141 Å². The minimum absolute atomic E-state index is 0.0965. The highest BCUT2D eigenvalue weighted by Crippen LogP contribution is 2.31. The summed E-state index contributed by atoms with van der Waals surface area (Å²) in [6.07, 6.45) is 3.78. The Kier molecular flexibility index (Phi) is 5.43. The fraction of sp³-hybridized carbons (Fsp3) is 0.500. The first-order valence-electron chi connectivity index (χ1n) is 8.12. The van der Waals surface area contributed by atoms with E-state index in [0.29, 0.717) is 0 Å². The first kappa shape index (κ1) is 16.6. The molecule has 1 unspecified atom stereocenters. The van der Waals surface area contributed by atoms with E-state index in [1.54, 1.807) is 11.3 Å². The van der Waals surface area contributed by atoms with E-state index in [2.05, 4.69) is 41.5 Å². The average Bonchev–Trinajstić information content (AvgIpc) is 3.19. The minimum atomic E-state index is 0.0965. The third-order valence-electron chi connectivity index (χ3n) is 4.48. The molecule has 1 aliphatic heterocycles. The Morgan fingerprint density at radius 2 is 2.17 bits per heavy atom. The molecule has 0 aliphatic carbocycles. The van der Waals surface area contributed by atoms with Gasteiger partial charge in [-0.2, -0.15) is 0 Å². The molecule has 1 saturated heterocycles. The third-order valence-corrected chi connectivity index (χ3v) is 5.52. The molecule has 1 atom stereocenters. The van der Waals surface area contributed by atoms with Crippen molar-refractivity contribution in [3.8, 4) is 10.6 Å². The number of rotatable bonds is 7. The van der Waals surface area contributed by atoms with E-state index in [9.17, 15) is 5.11 Å². The molecule has 0 radical (unpaired) electrons. The van der Waals surface area contributed by atoms with Crippen LogP contribution in [0.1, 0.15) is 23.3 Å². The summed E-state index contributed by atoms with van der Waals surface area (Å²) in [5, 5.41) is 13.9. The fourth-order valence-corrected chi connectivity index (χ4v) is 3.87. The van der Waals surface area contributed by atoms with Crippen molar-refractivity contribution in [3.63, 3.8) is 0 Å². The molecule has 0 spiro atoms. The van der Waals surface area contributed by atoms with Crippen molar-refractivity contribution >= 4 is 11.3 Å². The van der Waals surface area contributed by atoms with Crippen molar-refractivity contribution in [2.45, 2.75) is 26.3 Å². The van der Waals surface area contributed by atoms with Gasteiger partial charge in [0.15, 0.2) is 0 Å². The summed E-state index contributed by atoms with van der Waals surface area (Å²) < 4.78 is 5.53. The zero-order valence-corrected chi connectivity index (χ0v) is 14.4. The molecule has 0 bridgehead atoms. The van der Waals surface area contributed by atoms with Crippen LogP contribution in [0.3, 0.4) is 0 Å². The van der Waals surface area contributed by atoms with Crippen LogP contribution in [-0.2, 0) is 11.3 Å². The van der Waals surface area contributed by atoms with Crippen LogP contribution in [0.25, 0.3) is 10.6 Å². The SMILES string of the molecule is Cc1ccc(-c2ncc(CNCC3(CCO)CCOC3)s2)cc1. The van der Waals surface area contributed by atoms with Crippen molar-refractivity contribution < 1.29 is 9.84 Å². The van der Waals surface area contributed by atoms with Gasteiger partial charge in [-0.1, -0.05) is 29.8 Å². The van der Waals surface area contributed by atoms with Gasteiger partial charge >= 0.3 is 0 Å². The van der Waals surface area contributed by atoms with E-state index >= 15 is 0 Å². The molecular weight excluding hydrogens is 308 g/mol. The van der Waals surface area contributed by atoms with E-state index in [-0.39, 0.29) is 12.0 Å². The van der Waals surface area contributed by atoms with Crippen molar-refractivity contribution in [3.05, 3.63) is 40.9 Å². The van der Waals surface area contributed by atoms with Gasteiger partial charge in [-0.15, -0.1) is 11.3 Å². The highest BCUT2D eigenvalue weighted by Gasteiger charge is 2.33. The molecule has 1 aromatic carbocycles. The number of hydrogen-bond acceptors (Lipinski definition) is 5. The number of benzene rings is 1. The molecule has 1 fully saturated rings. The van der Waals surface area contributed by atoms with Gasteiger partial charge in [0.05, 0.1) is 6.61 Å². The molecule has 23 heavy (non-hydrogen) atoms. The van der Waals surface area contributed by atoms with Crippen LogP contribution in [0, 0.1) is 12.3 Å². The minimum Gasteiger partial charge on any atom is -0.396 e. The van der Waals surface area contributed by atoms with Crippen LogP contribution in [-0.4, -0.2) is 36.5 Å². The van der Waals surface area contributed by atoms with Crippen LogP contribution in [0.5, 0.6) is 0 Å². The maximum absolute atomic E-state index is 9.27. The number of nitrogens with zero attached hydrogens (tertiary/aromatic N) is 1. The molecule has 0 amide bonds. The summed E-state index contributed by atoms with van der Waals surface area (Å²) in [4.78, 5) is 5.77. The Balaban J connectivity index is 1.56. The predicted molar refractivity (Wildman–Crippen MR) is 93.6 cm³/mol. The molecule has 0 saturated carbocycles. The first-order valence-corrected chi connectivity index (χ1v) is 8.94. The van der Waals surface area contributed by atoms with Crippen LogP contribution in [0.4, 0.5) is 0 Å². The number of nitrogens with one attached hydrogen (secondary N) is 1. The molecular formula is C18H24N2O2S. The Hall–Kier alpha value is -1.27. The van der Waals surface area contributed by atoms with Gasteiger partial charge in [0.1, 0.15) is 5.01 Å². The molecule has 2 heterocycles. The molecule has 124 valence electrons. The lowest BCUT2D eigenvalue weighted by Crippen LogP contribution is -2.35. The normalized spacial score (nSPS) is 21.0. The zero-order chi connectivity index (χ0) is 16.1. The van der Waals surface area contributed by atoms with Gasteiger partial charge in [-0.25, -0.2) is 4.98 Å². The summed E-state index contributed by atoms with van der Waals surface area (Å²) in [5.41, 5.74) is 2.53. The number of aryl methyl sites for hydroxylation is 1.